The van der Waals surface area contributed by atoms with E-state index in [2.05, 4.69) is 51.1 Å². The van der Waals surface area contributed by atoms with E-state index in [1.807, 2.05) is 0 Å². The molecule has 1 aromatic rings. The summed E-state index contributed by atoms with van der Waals surface area (Å²) in [4.78, 5) is 0. The highest BCUT2D eigenvalue weighted by Gasteiger charge is 2.35. The van der Waals surface area contributed by atoms with Gasteiger partial charge in [-0.05, 0) is 35.7 Å². The molecule has 82 valence electrons. The minimum absolute atomic E-state index is 0.764. The largest absolute Gasteiger partial charge is 0.0622 e. The Balaban J connectivity index is 2.20. The minimum atomic E-state index is 0.764. The Bertz CT molecular complexity index is 299. The summed E-state index contributed by atoms with van der Waals surface area (Å²) in [6, 6.07) is 11.1. The molecule has 3 atom stereocenters. The maximum Gasteiger partial charge on any atom is -0.0108 e. The van der Waals surface area contributed by atoms with Crippen molar-refractivity contribution in [1.82, 2.24) is 0 Å². The molecule has 1 aromatic carbocycles. The summed E-state index contributed by atoms with van der Waals surface area (Å²) in [5.41, 5.74) is 1.55. The lowest BCUT2D eigenvalue weighted by Gasteiger charge is -2.42. The molecule has 1 aliphatic carbocycles. The first kappa shape index (κ1) is 10.7. The lowest BCUT2D eigenvalue weighted by Crippen LogP contribution is -2.31. The SMILES string of the molecule is CC(C)C(c1ccccc1)C1CCC1C. The van der Waals surface area contributed by atoms with Crippen molar-refractivity contribution < 1.29 is 0 Å². The van der Waals surface area contributed by atoms with Crippen molar-refractivity contribution in [3.63, 3.8) is 0 Å². The summed E-state index contributed by atoms with van der Waals surface area (Å²) >= 11 is 0. The average Bonchev–Trinajstić information content (AvgIpc) is 2.24. The Kier molecular flexibility index (Phi) is 3.14. The van der Waals surface area contributed by atoms with Crippen molar-refractivity contribution in [1.29, 1.82) is 0 Å². The van der Waals surface area contributed by atoms with Gasteiger partial charge in [0.2, 0.25) is 0 Å². The predicted molar refractivity (Wildman–Crippen MR) is 65.9 cm³/mol. The molecule has 0 spiro atoms. The van der Waals surface area contributed by atoms with Gasteiger partial charge in [0.25, 0.3) is 0 Å². The molecule has 15 heavy (non-hydrogen) atoms. The fourth-order valence-electron chi connectivity index (χ4n) is 3.03. The van der Waals surface area contributed by atoms with E-state index in [0.717, 1.165) is 23.7 Å². The molecule has 1 fully saturated rings. The molecule has 0 saturated heterocycles. The molecule has 1 aliphatic rings. The Morgan fingerprint density at radius 3 is 2.13 bits per heavy atom. The van der Waals surface area contributed by atoms with Crippen LogP contribution >= 0.6 is 0 Å². The minimum Gasteiger partial charge on any atom is -0.0622 e. The molecule has 0 nitrogen and oxygen atoms in total. The van der Waals surface area contributed by atoms with Gasteiger partial charge in [0.15, 0.2) is 0 Å². The van der Waals surface area contributed by atoms with Crippen LogP contribution in [0.4, 0.5) is 0 Å². The van der Waals surface area contributed by atoms with Gasteiger partial charge in [-0.3, -0.25) is 0 Å². The molecular weight excluding hydrogens is 180 g/mol. The molecule has 0 heteroatoms. The molecule has 1 saturated carbocycles. The van der Waals surface area contributed by atoms with Crippen LogP contribution in [0, 0.1) is 17.8 Å². The third-order valence-corrected chi connectivity index (χ3v) is 4.05. The Hall–Kier alpha value is -0.780. The van der Waals surface area contributed by atoms with Gasteiger partial charge in [0.05, 0.1) is 0 Å². The van der Waals surface area contributed by atoms with Crippen molar-refractivity contribution in [2.45, 2.75) is 39.5 Å². The molecule has 2 rings (SSSR count). The van der Waals surface area contributed by atoms with Crippen molar-refractivity contribution in [3.05, 3.63) is 35.9 Å². The van der Waals surface area contributed by atoms with Gasteiger partial charge in [-0.15, -0.1) is 0 Å². The zero-order chi connectivity index (χ0) is 10.8. The van der Waals surface area contributed by atoms with E-state index in [0.29, 0.717) is 0 Å². The maximum absolute atomic E-state index is 2.41. The van der Waals surface area contributed by atoms with Crippen LogP contribution in [-0.2, 0) is 0 Å². The van der Waals surface area contributed by atoms with E-state index >= 15 is 0 Å². The molecule has 0 amide bonds. The average molecular weight is 202 g/mol. The first-order valence-corrected chi connectivity index (χ1v) is 6.25. The van der Waals surface area contributed by atoms with Crippen LogP contribution in [0.25, 0.3) is 0 Å². The summed E-state index contributed by atoms with van der Waals surface area (Å²) in [5.74, 6) is 3.39. The van der Waals surface area contributed by atoms with Gasteiger partial charge in [0, 0.05) is 0 Å². The standard InChI is InChI=1S/C15H22/c1-11(2)15(14-10-9-12(14)3)13-7-5-4-6-8-13/h4-8,11-12,14-15H,9-10H2,1-3H3. The van der Waals surface area contributed by atoms with E-state index in [1.165, 1.54) is 12.8 Å². The third kappa shape index (κ3) is 2.09. The fourth-order valence-corrected chi connectivity index (χ4v) is 3.03. The summed E-state index contributed by atoms with van der Waals surface area (Å²) in [7, 11) is 0. The van der Waals surface area contributed by atoms with Gasteiger partial charge in [0.1, 0.15) is 0 Å². The Morgan fingerprint density at radius 2 is 1.73 bits per heavy atom. The molecular formula is C15H22. The molecule has 0 N–H and O–H groups in total. The first-order chi connectivity index (χ1) is 7.20. The Morgan fingerprint density at radius 1 is 1.07 bits per heavy atom. The van der Waals surface area contributed by atoms with Gasteiger partial charge < -0.3 is 0 Å². The topological polar surface area (TPSA) is 0 Å². The number of hydrogen-bond acceptors (Lipinski definition) is 0. The van der Waals surface area contributed by atoms with Gasteiger partial charge in [-0.25, -0.2) is 0 Å². The van der Waals surface area contributed by atoms with Crippen molar-refractivity contribution in [2.24, 2.45) is 17.8 Å². The molecule has 3 unspecified atom stereocenters. The second kappa shape index (κ2) is 4.38. The molecule has 0 aliphatic heterocycles. The predicted octanol–water partition coefficient (Wildman–Crippen LogP) is 4.47. The van der Waals surface area contributed by atoms with E-state index in [1.54, 1.807) is 5.56 Å². The number of hydrogen-bond donors (Lipinski definition) is 0. The summed E-state index contributed by atoms with van der Waals surface area (Å²) in [5, 5.41) is 0. The van der Waals surface area contributed by atoms with Crippen LogP contribution in [0.3, 0.4) is 0 Å². The second-order valence-electron chi connectivity index (χ2n) is 5.40. The smallest absolute Gasteiger partial charge is 0.0108 e. The lowest BCUT2D eigenvalue weighted by atomic mass is 9.63. The van der Waals surface area contributed by atoms with Gasteiger partial charge in [-0.1, -0.05) is 57.5 Å². The van der Waals surface area contributed by atoms with Crippen LogP contribution in [0.5, 0.6) is 0 Å². The highest BCUT2D eigenvalue weighted by Crippen LogP contribution is 2.46. The first-order valence-electron chi connectivity index (χ1n) is 6.25. The van der Waals surface area contributed by atoms with Gasteiger partial charge >= 0.3 is 0 Å². The molecule has 0 bridgehead atoms. The second-order valence-corrected chi connectivity index (χ2v) is 5.40. The van der Waals surface area contributed by atoms with Crippen LogP contribution in [0.2, 0.25) is 0 Å². The molecule has 0 heterocycles. The highest BCUT2D eigenvalue weighted by molar-refractivity contribution is 5.22. The zero-order valence-corrected chi connectivity index (χ0v) is 10.1. The van der Waals surface area contributed by atoms with E-state index in [9.17, 15) is 0 Å². The van der Waals surface area contributed by atoms with E-state index in [4.69, 9.17) is 0 Å². The maximum atomic E-state index is 2.41. The van der Waals surface area contributed by atoms with Gasteiger partial charge in [-0.2, -0.15) is 0 Å². The quantitative estimate of drug-likeness (QED) is 0.678. The van der Waals surface area contributed by atoms with Crippen LogP contribution in [0.1, 0.15) is 45.1 Å². The zero-order valence-electron chi connectivity index (χ0n) is 10.1. The van der Waals surface area contributed by atoms with Crippen LogP contribution in [-0.4, -0.2) is 0 Å². The van der Waals surface area contributed by atoms with Crippen LogP contribution in [0.15, 0.2) is 30.3 Å². The summed E-state index contributed by atoms with van der Waals surface area (Å²) in [6.45, 7) is 7.14. The summed E-state index contributed by atoms with van der Waals surface area (Å²) in [6.07, 6.45) is 2.86. The summed E-state index contributed by atoms with van der Waals surface area (Å²) < 4.78 is 0. The highest BCUT2D eigenvalue weighted by atomic mass is 14.4. The Labute approximate surface area is 93.7 Å². The molecule has 0 radical (unpaired) electrons. The molecule has 0 aromatic heterocycles. The van der Waals surface area contributed by atoms with Crippen molar-refractivity contribution >= 4 is 0 Å². The van der Waals surface area contributed by atoms with E-state index in [-0.39, 0.29) is 0 Å². The van der Waals surface area contributed by atoms with E-state index < -0.39 is 0 Å². The lowest BCUT2D eigenvalue weighted by molar-refractivity contribution is 0.134. The number of rotatable bonds is 3. The monoisotopic (exact) mass is 202 g/mol. The number of benzene rings is 1. The van der Waals surface area contributed by atoms with Crippen LogP contribution < -0.4 is 0 Å². The normalized spacial score (nSPS) is 27.5. The van der Waals surface area contributed by atoms with Crippen molar-refractivity contribution in [3.8, 4) is 0 Å². The fraction of sp³-hybridized carbons (Fsp3) is 0.600. The third-order valence-electron chi connectivity index (χ3n) is 4.05. The van der Waals surface area contributed by atoms with Crippen molar-refractivity contribution in [2.75, 3.05) is 0 Å².